The summed E-state index contributed by atoms with van der Waals surface area (Å²) >= 11 is 4.14. The molecular formula is C7H10N2S. The molecular weight excluding hydrogens is 144 g/mol. The third kappa shape index (κ3) is 1.49. The van der Waals surface area contributed by atoms with Crippen LogP contribution in [0.2, 0.25) is 0 Å². The fourth-order valence-electron chi connectivity index (χ4n) is 0.797. The molecule has 1 heterocycles. The largest absolute Gasteiger partial charge is 0.326 e. The van der Waals surface area contributed by atoms with Crippen molar-refractivity contribution in [1.82, 2.24) is 4.98 Å². The van der Waals surface area contributed by atoms with Crippen molar-refractivity contribution in [2.24, 2.45) is 5.73 Å². The Morgan fingerprint density at radius 2 is 2.30 bits per heavy atom. The summed E-state index contributed by atoms with van der Waals surface area (Å²) in [6.45, 7) is 0.568. The zero-order valence-electron chi connectivity index (χ0n) is 5.62. The first-order chi connectivity index (χ1) is 4.88. The summed E-state index contributed by atoms with van der Waals surface area (Å²) < 4.78 is 0. The smallest absolute Gasteiger partial charge is 0.0311 e. The quantitative estimate of drug-likeness (QED) is 0.623. The van der Waals surface area contributed by atoms with Gasteiger partial charge in [-0.3, -0.25) is 4.98 Å². The Morgan fingerprint density at radius 3 is 2.80 bits per heavy atom. The lowest BCUT2D eigenvalue weighted by Gasteiger charge is -2.01. The Hall–Kier alpha value is -0.540. The molecule has 3 heteroatoms. The van der Waals surface area contributed by atoms with E-state index in [-0.39, 0.29) is 0 Å². The Balaban J connectivity index is 2.96. The molecule has 2 nitrogen and oxygen atoms in total. The van der Waals surface area contributed by atoms with Gasteiger partial charge in [0, 0.05) is 24.7 Å². The number of nitrogens with two attached hydrogens (primary N) is 1. The number of pyridine rings is 1. The van der Waals surface area contributed by atoms with E-state index >= 15 is 0 Å². The maximum Gasteiger partial charge on any atom is 0.0311 e. The molecule has 0 unspecified atom stereocenters. The van der Waals surface area contributed by atoms with Gasteiger partial charge in [-0.25, -0.2) is 0 Å². The normalized spacial score (nSPS) is 9.80. The average Bonchev–Trinajstić information content (AvgIpc) is 2.04. The predicted molar refractivity (Wildman–Crippen MR) is 44.8 cm³/mol. The number of nitrogens with zero attached hydrogens (tertiary/aromatic N) is 1. The standard InChI is InChI=1S/C7H10N2S/c8-3-6-1-2-9-4-7(6)5-10/h1-2,4,10H,3,5,8H2. The van der Waals surface area contributed by atoms with Gasteiger partial charge in [-0.05, 0) is 17.2 Å². The third-order valence-electron chi connectivity index (χ3n) is 1.39. The minimum absolute atomic E-state index is 0.568. The Labute approximate surface area is 65.9 Å². The van der Waals surface area contributed by atoms with Crippen LogP contribution in [0.5, 0.6) is 0 Å². The van der Waals surface area contributed by atoms with E-state index in [1.54, 1.807) is 12.4 Å². The Morgan fingerprint density at radius 1 is 1.50 bits per heavy atom. The topological polar surface area (TPSA) is 38.9 Å². The summed E-state index contributed by atoms with van der Waals surface area (Å²) in [4.78, 5) is 3.96. The van der Waals surface area contributed by atoms with Gasteiger partial charge in [-0.1, -0.05) is 0 Å². The molecule has 0 saturated heterocycles. The maximum absolute atomic E-state index is 5.46. The number of hydrogen-bond acceptors (Lipinski definition) is 3. The monoisotopic (exact) mass is 154 g/mol. The minimum atomic E-state index is 0.568. The molecule has 0 aliphatic carbocycles. The van der Waals surface area contributed by atoms with Crippen LogP contribution in [0.15, 0.2) is 18.5 Å². The zero-order chi connectivity index (χ0) is 7.40. The van der Waals surface area contributed by atoms with Gasteiger partial charge in [0.15, 0.2) is 0 Å². The van der Waals surface area contributed by atoms with Crippen LogP contribution < -0.4 is 5.73 Å². The second kappa shape index (κ2) is 3.58. The zero-order valence-corrected chi connectivity index (χ0v) is 6.51. The lowest BCUT2D eigenvalue weighted by Crippen LogP contribution is -2.00. The van der Waals surface area contributed by atoms with Crippen LogP contribution in [0, 0.1) is 0 Å². The SMILES string of the molecule is NCc1ccncc1CS. The first kappa shape index (κ1) is 7.57. The molecule has 0 saturated carbocycles. The van der Waals surface area contributed by atoms with E-state index in [2.05, 4.69) is 17.6 Å². The fourth-order valence-corrected chi connectivity index (χ4v) is 1.08. The molecule has 0 amide bonds. The van der Waals surface area contributed by atoms with Gasteiger partial charge < -0.3 is 5.73 Å². The van der Waals surface area contributed by atoms with Gasteiger partial charge >= 0.3 is 0 Å². The lowest BCUT2D eigenvalue weighted by atomic mass is 10.2. The predicted octanol–water partition coefficient (Wildman–Crippen LogP) is 0.970. The summed E-state index contributed by atoms with van der Waals surface area (Å²) in [7, 11) is 0. The fraction of sp³-hybridized carbons (Fsp3) is 0.286. The van der Waals surface area contributed by atoms with E-state index < -0.39 is 0 Å². The summed E-state index contributed by atoms with van der Waals surface area (Å²) in [6, 6.07) is 1.92. The highest BCUT2D eigenvalue weighted by Gasteiger charge is 1.95. The van der Waals surface area contributed by atoms with Crippen molar-refractivity contribution in [3.05, 3.63) is 29.6 Å². The summed E-state index contributed by atoms with van der Waals surface area (Å²) in [5.41, 5.74) is 7.71. The molecule has 0 spiro atoms. The van der Waals surface area contributed by atoms with E-state index in [1.807, 2.05) is 6.07 Å². The number of hydrogen-bond donors (Lipinski definition) is 2. The molecule has 10 heavy (non-hydrogen) atoms. The van der Waals surface area contributed by atoms with E-state index in [0.29, 0.717) is 12.3 Å². The molecule has 1 aromatic rings. The number of thiol groups is 1. The molecule has 0 aromatic carbocycles. The van der Waals surface area contributed by atoms with Crippen molar-refractivity contribution in [2.75, 3.05) is 0 Å². The van der Waals surface area contributed by atoms with Crippen molar-refractivity contribution in [1.29, 1.82) is 0 Å². The van der Waals surface area contributed by atoms with Gasteiger partial charge in [0.25, 0.3) is 0 Å². The van der Waals surface area contributed by atoms with Crippen LogP contribution in [0.4, 0.5) is 0 Å². The highest BCUT2D eigenvalue weighted by molar-refractivity contribution is 7.79. The van der Waals surface area contributed by atoms with Gasteiger partial charge in [0.05, 0.1) is 0 Å². The van der Waals surface area contributed by atoms with Crippen LogP contribution in [0.25, 0.3) is 0 Å². The van der Waals surface area contributed by atoms with E-state index in [9.17, 15) is 0 Å². The second-order valence-electron chi connectivity index (χ2n) is 2.01. The highest BCUT2D eigenvalue weighted by atomic mass is 32.1. The van der Waals surface area contributed by atoms with Crippen molar-refractivity contribution in [3.8, 4) is 0 Å². The van der Waals surface area contributed by atoms with Crippen molar-refractivity contribution < 1.29 is 0 Å². The van der Waals surface area contributed by atoms with Crippen molar-refractivity contribution in [3.63, 3.8) is 0 Å². The minimum Gasteiger partial charge on any atom is -0.326 e. The van der Waals surface area contributed by atoms with Crippen LogP contribution in [0.3, 0.4) is 0 Å². The lowest BCUT2D eigenvalue weighted by molar-refractivity contribution is 1.03. The van der Waals surface area contributed by atoms with Gasteiger partial charge in [-0.2, -0.15) is 12.6 Å². The molecule has 2 N–H and O–H groups in total. The molecule has 1 aromatic heterocycles. The molecule has 1 rings (SSSR count). The van der Waals surface area contributed by atoms with Crippen LogP contribution >= 0.6 is 12.6 Å². The van der Waals surface area contributed by atoms with E-state index in [0.717, 1.165) is 11.1 Å². The van der Waals surface area contributed by atoms with Gasteiger partial charge in [0.1, 0.15) is 0 Å². The third-order valence-corrected chi connectivity index (χ3v) is 1.74. The summed E-state index contributed by atoms with van der Waals surface area (Å²) in [6.07, 6.45) is 3.55. The summed E-state index contributed by atoms with van der Waals surface area (Å²) in [5, 5.41) is 0. The highest BCUT2D eigenvalue weighted by Crippen LogP contribution is 2.07. The first-order valence-corrected chi connectivity index (χ1v) is 3.74. The Bertz CT molecular complexity index is 190. The van der Waals surface area contributed by atoms with Gasteiger partial charge in [0.2, 0.25) is 0 Å². The average molecular weight is 154 g/mol. The molecule has 0 fully saturated rings. The molecule has 54 valence electrons. The molecule has 0 bridgehead atoms. The van der Waals surface area contributed by atoms with Gasteiger partial charge in [-0.15, -0.1) is 0 Å². The van der Waals surface area contributed by atoms with Crippen LogP contribution in [-0.4, -0.2) is 4.98 Å². The molecule has 0 radical (unpaired) electrons. The Kier molecular flexibility index (Phi) is 2.71. The summed E-state index contributed by atoms with van der Waals surface area (Å²) in [5.74, 6) is 0.709. The van der Waals surface area contributed by atoms with Crippen LogP contribution in [0.1, 0.15) is 11.1 Å². The second-order valence-corrected chi connectivity index (χ2v) is 2.32. The molecule has 0 atom stereocenters. The number of aromatic nitrogens is 1. The van der Waals surface area contributed by atoms with E-state index in [1.165, 1.54) is 0 Å². The van der Waals surface area contributed by atoms with Crippen molar-refractivity contribution >= 4 is 12.6 Å². The molecule has 0 aliphatic heterocycles. The van der Waals surface area contributed by atoms with Crippen molar-refractivity contribution in [2.45, 2.75) is 12.3 Å². The molecule has 0 aliphatic rings. The number of rotatable bonds is 2. The first-order valence-electron chi connectivity index (χ1n) is 3.11. The maximum atomic E-state index is 5.46. The van der Waals surface area contributed by atoms with Crippen LogP contribution in [-0.2, 0) is 12.3 Å². The van der Waals surface area contributed by atoms with E-state index in [4.69, 9.17) is 5.73 Å².